The average molecular weight is 323 g/mol. The van der Waals surface area contributed by atoms with Crippen LogP contribution in [0.4, 0.5) is 0 Å². The van der Waals surface area contributed by atoms with E-state index in [1.807, 2.05) is 12.3 Å². The zero-order valence-electron chi connectivity index (χ0n) is 14.0. The van der Waals surface area contributed by atoms with E-state index in [-0.39, 0.29) is 11.5 Å². The normalized spacial score (nSPS) is 31.5. The summed E-state index contributed by atoms with van der Waals surface area (Å²) in [6, 6.07) is 4.58. The number of hydrogen-bond acceptors (Lipinski definition) is 4. The van der Waals surface area contributed by atoms with Crippen LogP contribution in [0.2, 0.25) is 0 Å². The molecule has 2 aliphatic carbocycles. The van der Waals surface area contributed by atoms with E-state index in [2.05, 4.69) is 29.7 Å². The predicted octanol–water partition coefficient (Wildman–Crippen LogP) is 2.94. The van der Waals surface area contributed by atoms with Crippen LogP contribution < -0.4 is 9.47 Å². The molecule has 1 fully saturated rings. The number of hydrogen-bond donors (Lipinski definition) is 0. The summed E-state index contributed by atoms with van der Waals surface area (Å²) in [7, 11) is 3.43. The molecular weight excluding hydrogens is 302 g/mol. The Balaban J connectivity index is 1.82. The highest BCUT2D eigenvalue weighted by Crippen LogP contribution is 2.62. The van der Waals surface area contributed by atoms with Gasteiger partial charge < -0.3 is 19.1 Å². The minimum atomic E-state index is -0.123. The lowest BCUT2D eigenvalue weighted by Crippen LogP contribution is -2.58. The first-order valence-corrected chi connectivity index (χ1v) is 8.46. The molecule has 3 unspecified atom stereocenters. The zero-order chi connectivity index (χ0) is 16.5. The van der Waals surface area contributed by atoms with E-state index in [1.165, 1.54) is 16.7 Å². The third-order valence-corrected chi connectivity index (χ3v) is 6.17. The molecule has 4 nitrogen and oxygen atoms in total. The number of allylic oxidation sites excluding steroid dienone is 2. The third kappa shape index (κ3) is 1.41. The molecule has 1 saturated heterocycles. The molecule has 4 aliphatic rings. The van der Waals surface area contributed by atoms with Crippen LogP contribution in [-0.2, 0) is 16.6 Å². The van der Waals surface area contributed by atoms with Gasteiger partial charge in [-0.05, 0) is 42.3 Å². The summed E-state index contributed by atoms with van der Waals surface area (Å²) in [5.41, 5.74) is 3.99. The molecule has 2 heterocycles. The molecule has 0 radical (unpaired) electrons. The monoisotopic (exact) mass is 323 g/mol. The Morgan fingerprint density at radius 3 is 2.92 bits per heavy atom. The fourth-order valence-corrected chi connectivity index (χ4v) is 5.17. The molecule has 0 aromatic heterocycles. The molecule has 2 aliphatic heterocycles. The third-order valence-electron chi connectivity index (χ3n) is 6.17. The Morgan fingerprint density at radius 2 is 2.17 bits per heavy atom. The van der Waals surface area contributed by atoms with Crippen molar-refractivity contribution in [2.24, 2.45) is 0 Å². The Labute approximate surface area is 142 Å². The first kappa shape index (κ1) is 14.0. The number of likely N-dealkylation sites (tertiary alicyclic amines) is 1. The largest absolute Gasteiger partial charge is 0.497 e. The minimum absolute atomic E-state index is 0.0951. The van der Waals surface area contributed by atoms with Gasteiger partial charge in [-0.3, -0.25) is 0 Å². The molecule has 124 valence electrons. The SMILES string of the molecule is C=CN1CCC23C4=CC=C(OC)C2Oc2c(OC)ccc(c23)CC41. The molecule has 1 aromatic carbocycles. The summed E-state index contributed by atoms with van der Waals surface area (Å²) in [4.78, 5) is 2.37. The molecule has 4 heteroatoms. The highest BCUT2D eigenvalue weighted by atomic mass is 16.6. The molecule has 1 spiro atoms. The van der Waals surface area contributed by atoms with Gasteiger partial charge in [0, 0.05) is 12.1 Å². The Bertz CT molecular complexity index is 809. The van der Waals surface area contributed by atoms with Crippen LogP contribution in [0.15, 0.2) is 48.4 Å². The van der Waals surface area contributed by atoms with Crippen molar-refractivity contribution in [2.45, 2.75) is 30.4 Å². The number of benzene rings is 1. The van der Waals surface area contributed by atoms with Crippen molar-refractivity contribution in [3.05, 3.63) is 59.5 Å². The van der Waals surface area contributed by atoms with Gasteiger partial charge in [0.25, 0.3) is 0 Å². The number of ether oxygens (including phenoxy) is 3. The maximum atomic E-state index is 6.47. The van der Waals surface area contributed by atoms with Gasteiger partial charge in [0.05, 0.1) is 25.7 Å². The predicted molar refractivity (Wildman–Crippen MR) is 91.3 cm³/mol. The smallest absolute Gasteiger partial charge is 0.169 e. The number of nitrogens with zero attached hydrogens (tertiary/aromatic N) is 1. The highest BCUT2D eigenvalue weighted by molar-refractivity contribution is 5.67. The summed E-state index contributed by atoms with van der Waals surface area (Å²) in [5, 5.41) is 0. The van der Waals surface area contributed by atoms with Gasteiger partial charge in [0.15, 0.2) is 17.6 Å². The van der Waals surface area contributed by atoms with E-state index in [4.69, 9.17) is 14.2 Å². The van der Waals surface area contributed by atoms with Gasteiger partial charge in [-0.1, -0.05) is 18.7 Å². The van der Waals surface area contributed by atoms with Gasteiger partial charge >= 0.3 is 0 Å². The van der Waals surface area contributed by atoms with Crippen molar-refractivity contribution < 1.29 is 14.2 Å². The summed E-state index contributed by atoms with van der Waals surface area (Å²) in [5.74, 6) is 2.62. The number of methoxy groups -OCH3 is 2. The molecule has 5 rings (SSSR count). The summed E-state index contributed by atoms with van der Waals surface area (Å²) in [6.07, 6.45) is 8.19. The minimum Gasteiger partial charge on any atom is -0.497 e. The van der Waals surface area contributed by atoms with E-state index in [0.717, 1.165) is 36.6 Å². The summed E-state index contributed by atoms with van der Waals surface area (Å²) >= 11 is 0. The lowest BCUT2D eigenvalue weighted by Gasteiger charge is -2.53. The fraction of sp³-hybridized carbons (Fsp3) is 0.400. The van der Waals surface area contributed by atoms with Crippen molar-refractivity contribution in [1.29, 1.82) is 0 Å². The Hall–Kier alpha value is -2.36. The van der Waals surface area contributed by atoms with E-state index in [0.29, 0.717) is 6.04 Å². The molecular formula is C20H21NO3. The van der Waals surface area contributed by atoms with Crippen LogP contribution in [0.1, 0.15) is 17.5 Å². The van der Waals surface area contributed by atoms with Gasteiger partial charge in [-0.25, -0.2) is 0 Å². The van der Waals surface area contributed by atoms with Gasteiger partial charge in [-0.15, -0.1) is 0 Å². The highest BCUT2D eigenvalue weighted by Gasteiger charge is 2.62. The van der Waals surface area contributed by atoms with Crippen molar-refractivity contribution in [3.63, 3.8) is 0 Å². The van der Waals surface area contributed by atoms with E-state index in [9.17, 15) is 0 Å². The van der Waals surface area contributed by atoms with Crippen LogP contribution in [0.5, 0.6) is 11.5 Å². The van der Waals surface area contributed by atoms with Gasteiger partial charge in [0.2, 0.25) is 0 Å². The lowest BCUT2D eigenvalue weighted by atomic mass is 9.57. The molecule has 0 amide bonds. The number of piperidine rings is 1. The summed E-state index contributed by atoms with van der Waals surface area (Å²) in [6.45, 7) is 5.01. The van der Waals surface area contributed by atoms with Crippen LogP contribution in [0.3, 0.4) is 0 Å². The van der Waals surface area contributed by atoms with Crippen LogP contribution in [-0.4, -0.2) is 37.8 Å². The van der Waals surface area contributed by atoms with Crippen LogP contribution in [0, 0.1) is 0 Å². The lowest BCUT2D eigenvalue weighted by molar-refractivity contribution is 0.0792. The molecule has 3 atom stereocenters. The van der Waals surface area contributed by atoms with Crippen molar-refractivity contribution in [1.82, 2.24) is 4.90 Å². The van der Waals surface area contributed by atoms with Crippen molar-refractivity contribution in [3.8, 4) is 11.5 Å². The second-order valence-corrected chi connectivity index (χ2v) is 6.89. The molecule has 2 bridgehead atoms. The molecule has 0 N–H and O–H groups in total. The number of rotatable bonds is 3. The molecule has 24 heavy (non-hydrogen) atoms. The van der Waals surface area contributed by atoms with Gasteiger partial charge in [0.1, 0.15) is 5.76 Å². The standard InChI is InChI=1S/C20H21NO3/c1-4-21-10-9-20-13-6-8-16(23-3)19(20)24-18-15(22-2)7-5-12(17(18)20)11-14(13)21/h4-8,14,19H,1,9-11H2,2-3H3. The summed E-state index contributed by atoms with van der Waals surface area (Å²) < 4.78 is 17.7. The first-order valence-electron chi connectivity index (χ1n) is 8.46. The first-order chi connectivity index (χ1) is 11.7. The maximum absolute atomic E-state index is 6.47. The quantitative estimate of drug-likeness (QED) is 0.856. The topological polar surface area (TPSA) is 30.9 Å². The van der Waals surface area contributed by atoms with E-state index in [1.54, 1.807) is 14.2 Å². The average Bonchev–Trinajstić information content (AvgIpc) is 2.96. The zero-order valence-corrected chi connectivity index (χ0v) is 14.0. The van der Waals surface area contributed by atoms with Gasteiger partial charge in [-0.2, -0.15) is 0 Å². The Kier molecular flexibility index (Phi) is 2.68. The Morgan fingerprint density at radius 1 is 1.29 bits per heavy atom. The second kappa shape index (κ2) is 4.59. The molecule has 0 saturated carbocycles. The van der Waals surface area contributed by atoms with Crippen LogP contribution in [0.25, 0.3) is 0 Å². The van der Waals surface area contributed by atoms with Crippen molar-refractivity contribution in [2.75, 3.05) is 20.8 Å². The van der Waals surface area contributed by atoms with E-state index >= 15 is 0 Å². The fourth-order valence-electron chi connectivity index (χ4n) is 5.17. The molecule has 1 aromatic rings. The second-order valence-electron chi connectivity index (χ2n) is 6.89. The van der Waals surface area contributed by atoms with E-state index < -0.39 is 0 Å². The van der Waals surface area contributed by atoms with Crippen molar-refractivity contribution >= 4 is 0 Å². The maximum Gasteiger partial charge on any atom is 0.169 e. The van der Waals surface area contributed by atoms with Crippen LogP contribution >= 0.6 is 0 Å².